The van der Waals surface area contributed by atoms with Gasteiger partial charge in [-0.2, -0.15) is 13.5 Å². The standard InChI is InChI=1S/C19H27N3O.C7H8O3S/c1-3-4-5-6-7-10-16-11-8-13-18(16)20-21-19(23)17-12-9-14-22(2)15-17;1-6-2-4-7(5-3-6)11(8,9)10/h9-10,12,14-15H,3-8,11,13H2,1-2H3;2-5H,1H3,(H,8,9,10)/p+1/b16-10+,20-18-;. The number of amides is 1. The van der Waals surface area contributed by atoms with Crippen LogP contribution < -0.4 is 9.99 Å². The molecule has 1 aromatic carbocycles. The lowest BCUT2D eigenvalue weighted by atomic mass is 10.1. The van der Waals surface area contributed by atoms with Crippen LogP contribution in [0, 0.1) is 6.92 Å². The molecule has 1 heterocycles. The van der Waals surface area contributed by atoms with Gasteiger partial charge in [-0.1, -0.05) is 50.0 Å². The molecule has 0 unspecified atom stereocenters. The minimum absolute atomic E-state index is 0.0666. The van der Waals surface area contributed by atoms with Crippen LogP contribution in [-0.4, -0.2) is 24.6 Å². The lowest BCUT2D eigenvalue weighted by Crippen LogP contribution is -2.30. The first-order valence-corrected chi connectivity index (χ1v) is 13.2. The molecule has 0 bridgehead atoms. The minimum atomic E-state index is -4.02. The zero-order valence-electron chi connectivity index (χ0n) is 20.3. The van der Waals surface area contributed by atoms with E-state index in [4.69, 9.17) is 4.55 Å². The van der Waals surface area contributed by atoms with Gasteiger partial charge in [0, 0.05) is 6.07 Å². The molecule has 7 nitrogen and oxygen atoms in total. The number of nitrogens with one attached hydrogen (secondary N) is 1. The highest BCUT2D eigenvalue weighted by molar-refractivity contribution is 7.85. The van der Waals surface area contributed by atoms with E-state index in [1.165, 1.54) is 43.4 Å². The van der Waals surface area contributed by atoms with Crippen molar-refractivity contribution in [1.82, 2.24) is 5.43 Å². The molecular formula is C26H36N3O4S+. The molecule has 0 atom stereocenters. The maximum atomic E-state index is 12.1. The van der Waals surface area contributed by atoms with Crippen molar-refractivity contribution in [2.45, 2.75) is 70.1 Å². The molecule has 0 radical (unpaired) electrons. The van der Waals surface area contributed by atoms with Crippen molar-refractivity contribution in [1.29, 1.82) is 0 Å². The van der Waals surface area contributed by atoms with Gasteiger partial charge in [-0.3, -0.25) is 9.35 Å². The topological polar surface area (TPSA) is 99.7 Å². The van der Waals surface area contributed by atoms with Gasteiger partial charge in [-0.05, 0) is 62.8 Å². The van der Waals surface area contributed by atoms with Gasteiger partial charge in [0.05, 0.1) is 10.6 Å². The molecular weight excluding hydrogens is 450 g/mol. The highest BCUT2D eigenvalue weighted by Gasteiger charge is 2.16. The lowest BCUT2D eigenvalue weighted by Gasteiger charge is -2.03. The average Bonchev–Trinajstić information content (AvgIpc) is 3.25. The van der Waals surface area contributed by atoms with Crippen LogP contribution in [0.25, 0.3) is 0 Å². The fourth-order valence-electron chi connectivity index (χ4n) is 3.56. The van der Waals surface area contributed by atoms with Crippen LogP contribution in [0.3, 0.4) is 0 Å². The maximum absolute atomic E-state index is 12.1. The highest BCUT2D eigenvalue weighted by atomic mass is 32.2. The van der Waals surface area contributed by atoms with Gasteiger partial charge >= 0.3 is 0 Å². The molecule has 184 valence electrons. The summed E-state index contributed by atoms with van der Waals surface area (Å²) in [5.74, 6) is -0.150. The number of hydrogen-bond donors (Lipinski definition) is 2. The molecule has 34 heavy (non-hydrogen) atoms. The van der Waals surface area contributed by atoms with Crippen LogP contribution >= 0.6 is 0 Å². The number of hydrogen-bond acceptors (Lipinski definition) is 4. The third kappa shape index (κ3) is 9.57. The van der Waals surface area contributed by atoms with E-state index in [-0.39, 0.29) is 10.8 Å². The van der Waals surface area contributed by atoms with Crippen LogP contribution in [0.15, 0.2) is 70.4 Å². The number of rotatable bonds is 8. The van der Waals surface area contributed by atoms with Gasteiger partial charge < -0.3 is 0 Å². The van der Waals surface area contributed by atoms with Gasteiger partial charge in [0.2, 0.25) is 0 Å². The molecule has 3 rings (SSSR count). The molecule has 1 aliphatic carbocycles. The Morgan fingerprint density at radius 3 is 2.53 bits per heavy atom. The molecule has 2 aromatic rings. The molecule has 1 fully saturated rings. The van der Waals surface area contributed by atoms with E-state index < -0.39 is 10.1 Å². The van der Waals surface area contributed by atoms with Crippen LogP contribution in [-0.2, 0) is 17.2 Å². The third-order valence-electron chi connectivity index (χ3n) is 5.49. The van der Waals surface area contributed by atoms with E-state index in [0.717, 1.165) is 37.0 Å². The Balaban J connectivity index is 0.000000310. The Bertz CT molecular complexity index is 1110. The predicted molar refractivity (Wildman–Crippen MR) is 134 cm³/mol. The van der Waals surface area contributed by atoms with Crippen molar-refractivity contribution in [2.24, 2.45) is 12.1 Å². The fraction of sp³-hybridized carbons (Fsp3) is 0.423. The zero-order valence-corrected chi connectivity index (χ0v) is 21.1. The van der Waals surface area contributed by atoms with Crippen LogP contribution in [0.2, 0.25) is 0 Å². The Kier molecular flexibility index (Phi) is 11.1. The second kappa shape index (κ2) is 13.8. The molecule has 1 aliphatic rings. The van der Waals surface area contributed by atoms with Crippen molar-refractivity contribution in [3.05, 3.63) is 71.6 Å². The summed E-state index contributed by atoms with van der Waals surface area (Å²) in [6.45, 7) is 4.07. The average molecular weight is 487 g/mol. The van der Waals surface area contributed by atoms with Crippen molar-refractivity contribution in [2.75, 3.05) is 0 Å². The van der Waals surface area contributed by atoms with Gasteiger partial charge in [-0.15, -0.1) is 0 Å². The molecule has 0 spiro atoms. The summed E-state index contributed by atoms with van der Waals surface area (Å²) in [7, 11) is -2.12. The van der Waals surface area contributed by atoms with Gasteiger partial charge in [0.25, 0.3) is 16.0 Å². The highest BCUT2D eigenvalue weighted by Crippen LogP contribution is 2.22. The van der Waals surface area contributed by atoms with E-state index in [9.17, 15) is 13.2 Å². The van der Waals surface area contributed by atoms with E-state index in [2.05, 4.69) is 23.5 Å². The number of carbonyl (C=O) groups is 1. The van der Waals surface area contributed by atoms with Crippen LogP contribution in [0.5, 0.6) is 0 Å². The molecule has 2 N–H and O–H groups in total. The summed E-state index contributed by atoms with van der Waals surface area (Å²) >= 11 is 0. The summed E-state index contributed by atoms with van der Waals surface area (Å²) in [6.07, 6.45) is 15.5. The van der Waals surface area contributed by atoms with E-state index in [1.807, 2.05) is 30.8 Å². The number of unbranched alkanes of at least 4 members (excludes halogenated alkanes) is 4. The third-order valence-corrected chi connectivity index (χ3v) is 6.36. The Labute approximate surface area is 203 Å². The number of aromatic nitrogens is 1. The first-order valence-electron chi connectivity index (χ1n) is 11.8. The Hall–Kier alpha value is -2.84. The second-order valence-electron chi connectivity index (χ2n) is 8.48. The number of pyridine rings is 1. The lowest BCUT2D eigenvalue weighted by molar-refractivity contribution is -0.671. The number of hydrazone groups is 1. The number of aryl methyl sites for hydroxylation is 2. The number of nitrogens with zero attached hydrogens (tertiary/aromatic N) is 2. The quantitative estimate of drug-likeness (QED) is 0.239. The first kappa shape index (κ1) is 27.4. The van der Waals surface area contributed by atoms with E-state index >= 15 is 0 Å². The normalized spacial score (nSPS) is 15.8. The first-order chi connectivity index (χ1) is 16.2. The Morgan fingerprint density at radius 2 is 1.88 bits per heavy atom. The number of allylic oxidation sites excluding steroid dienone is 2. The fourth-order valence-corrected chi connectivity index (χ4v) is 4.04. The van der Waals surface area contributed by atoms with Crippen molar-refractivity contribution in [3.63, 3.8) is 0 Å². The predicted octanol–water partition coefficient (Wildman–Crippen LogP) is 4.92. The number of benzene rings is 1. The molecule has 8 heteroatoms. The van der Waals surface area contributed by atoms with Crippen LogP contribution in [0.4, 0.5) is 0 Å². The Morgan fingerprint density at radius 1 is 1.15 bits per heavy atom. The maximum Gasteiger partial charge on any atom is 0.294 e. The van der Waals surface area contributed by atoms with Crippen molar-refractivity contribution in [3.8, 4) is 0 Å². The molecule has 0 aliphatic heterocycles. The molecule has 1 saturated carbocycles. The largest absolute Gasteiger partial charge is 0.294 e. The van der Waals surface area contributed by atoms with Crippen molar-refractivity contribution >= 4 is 21.7 Å². The number of carbonyl (C=O) groups excluding carboxylic acids is 1. The van der Waals surface area contributed by atoms with Gasteiger partial charge in [0.15, 0.2) is 12.4 Å². The zero-order chi connectivity index (χ0) is 25.0. The van der Waals surface area contributed by atoms with Crippen LogP contribution in [0.1, 0.15) is 74.2 Å². The summed E-state index contributed by atoms with van der Waals surface area (Å²) in [5, 5.41) is 4.37. The van der Waals surface area contributed by atoms with Crippen molar-refractivity contribution < 1.29 is 22.3 Å². The summed E-state index contributed by atoms with van der Waals surface area (Å²) in [4.78, 5) is 12.1. The summed E-state index contributed by atoms with van der Waals surface area (Å²) in [6, 6.07) is 9.65. The SMILES string of the molecule is CCCCCC/C=C1\CCC\C1=N\NC(=O)c1ccc[n+](C)c1.Cc1ccc(S(=O)(=O)O)cc1. The minimum Gasteiger partial charge on any atom is -0.282 e. The smallest absolute Gasteiger partial charge is 0.282 e. The van der Waals surface area contributed by atoms with Gasteiger partial charge in [-0.25, -0.2) is 9.99 Å². The van der Waals surface area contributed by atoms with E-state index in [0.29, 0.717) is 5.56 Å². The van der Waals surface area contributed by atoms with Gasteiger partial charge in [0.1, 0.15) is 12.6 Å². The summed E-state index contributed by atoms with van der Waals surface area (Å²) < 4.78 is 31.4. The monoisotopic (exact) mass is 486 g/mol. The molecule has 1 aromatic heterocycles. The second-order valence-corrected chi connectivity index (χ2v) is 9.90. The van der Waals surface area contributed by atoms with E-state index in [1.54, 1.807) is 24.4 Å². The molecule has 1 amide bonds. The summed E-state index contributed by atoms with van der Waals surface area (Å²) in [5.41, 5.74) is 6.66. The molecule has 0 saturated heterocycles.